The van der Waals surface area contributed by atoms with E-state index >= 15 is 0 Å². The fraction of sp³-hybridized carbons (Fsp3) is 0.195. The van der Waals surface area contributed by atoms with Crippen LogP contribution in [0.15, 0.2) is 115 Å². The summed E-state index contributed by atoms with van der Waals surface area (Å²) in [5.74, 6) is 0. The van der Waals surface area contributed by atoms with Gasteiger partial charge in [-0.15, -0.1) is 0 Å². The van der Waals surface area contributed by atoms with Crippen molar-refractivity contribution in [2.24, 2.45) is 0 Å². The van der Waals surface area contributed by atoms with Gasteiger partial charge in [-0.3, -0.25) is 0 Å². The van der Waals surface area contributed by atoms with Gasteiger partial charge in [-0.1, -0.05) is 0 Å². The van der Waals surface area contributed by atoms with Crippen LogP contribution in [-0.2, 0) is 34.1 Å². The van der Waals surface area contributed by atoms with Crippen molar-refractivity contribution in [3.8, 4) is 11.1 Å². The molecule has 2 aliphatic rings. The number of benzene rings is 5. The molecule has 1 unspecified atom stereocenters. The summed E-state index contributed by atoms with van der Waals surface area (Å²) in [4.78, 5) is 0. The van der Waals surface area contributed by atoms with E-state index in [0.29, 0.717) is 7.25 Å². The molecule has 0 bridgehead atoms. The summed E-state index contributed by atoms with van der Waals surface area (Å²) >= 11 is -2.77. The molecule has 0 saturated heterocycles. The quantitative estimate of drug-likeness (QED) is 0.251. The van der Waals surface area contributed by atoms with Crippen molar-refractivity contribution in [3.63, 3.8) is 0 Å². The Bertz CT molecular complexity index is 1770. The Hall–Kier alpha value is -2.83. The van der Waals surface area contributed by atoms with Gasteiger partial charge in [-0.25, -0.2) is 0 Å². The van der Waals surface area contributed by atoms with Crippen molar-refractivity contribution in [2.75, 3.05) is 0 Å². The summed E-state index contributed by atoms with van der Waals surface area (Å²) in [7, 11) is 0. The molecule has 1 atom stereocenters. The molecule has 0 amide bonds. The smallest absolute Gasteiger partial charge is 1.00 e. The third-order valence-corrected chi connectivity index (χ3v) is 18.2. The minimum absolute atomic E-state index is 0. The second kappa shape index (κ2) is 13.7. The minimum Gasteiger partial charge on any atom is -1.00 e. The van der Waals surface area contributed by atoms with Gasteiger partial charge in [0.2, 0.25) is 0 Å². The number of allylic oxidation sites excluding steroid dienone is 1. The van der Waals surface area contributed by atoms with Crippen molar-refractivity contribution >= 4 is 9.28 Å². The first-order valence-electron chi connectivity index (χ1n) is 15.5. The van der Waals surface area contributed by atoms with E-state index in [-0.39, 0.29) is 24.8 Å². The van der Waals surface area contributed by atoms with Crippen molar-refractivity contribution in [1.82, 2.24) is 0 Å². The molecule has 0 saturated carbocycles. The van der Waals surface area contributed by atoms with Crippen LogP contribution in [0.4, 0.5) is 0 Å². The predicted molar refractivity (Wildman–Crippen MR) is 176 cm³/mol. The zero-order valence-corrected chi connectivity index (χ0v) is 29.8. The van der Waals surface area contributed by atoms with E-state index < -0.39 is 21.3 Å². The van der Waals surface area contributed by atoms with Crippen LogP contribution in [0.5, 0.6) is 0 Å². The average molecular weight is 693 g/mol. The van der Waals surface area contributed by atoms with Gasteiger partial charge in [0.25, 0.3) is 0 Å². The van der Waals surface area contributed by atoms with Gasteiger partial charge in [0.1, 0.15) is 0 Å². The second-order valence-corrected chi connectivity index (χ2v) is 18.4. The first-order chi connectivity index (χ1) is 20.6. The maximum atomic E-state index is 2.60. The normalized spacial score (nSPS) is 14.0. The van der Waals surface area contributed by atoms with Gasteiger partial charge in [-0.05, 0) is 0 Å². The Kier molecular flexibility index (Phi) is 10.1. The maximum absolute atomic E-state index is 2.77. The molecule has 0 heterocycles. The largest absolute Gasteiger partial charge is 1.00 e. The monoisotopic (exact) mass is 690 g/mol. The number of hydrogen-bond donors (Lipinski definition) is 0. The summed E-state index contributed by atoms with van der Waals surface area (Å²) in [6.45, 7) is 9.15. The molecule has 0 nitrogen and oxygen atoms in total. The zero-order chi connectivity index (χ0) is 28.8. The maximum Gasteiger partial charge on any atom is -1.00 e. The fourth-order valence-electron chi connectivity index (χ4n) is 7.39. The van der Waals surface area contributed by atoms with Crippen molar-refractivity contribution in [2.45, 2.75) is 47.8 Å². The van der Waals surface area contributed by atoms with Gasteiger partial charge in [0, 0.05) is 0 Å². The molecule has 2 aliphatic carbocycles. The third-order valence-electron chi connectivity index (χ3n) is 9.37. The Morgan fingerprint density at radius 2 is 1.14 bits per heavy atom. The molecule has 0 fully saturated rings. The van der Waals surface area contributed by atoms with E-state index in [2.05, 4.69) is 149 Å². The standard InChI is InChI=1S/C17H17.C13H10.C11H11.2ClH.Zr/c1-3-12-5-7-16-14(9-12)11-15-10-13(4-2)6-8-17(15)16;1-3-7-12(8-4-1)11-13-9-5-2-6-10-13;1-8-6-9(2)11-5-3-4-10(11)7-8;;;/h5-11H,3-4H2,1-2H3;1-10H;3-7H,1-2H3;2*1H;/q;;;;;+2/p-2. The van der Waals surface area contributed by atoms with Crippen LogP contribution in [-0.4, -0.2) is 3.21 Å². The van der Waals surface area contributed by atoms with E-state index in [1.165, 1.54) is 50.1 Å². The zero-order valence-electron chi connectivity index (χ0n) is 25.9. The van der Waals surface area contributed by atoms with Crippen LogP contribution in [0.1, 0.15) is 76.7 Å². The molecular formula is C41H38Cl2Zr. The summed E-state index contributed by atoms with van der Waals surface area (Å²) in [6, 6.07) is 42.3. The molecule has 0 spiro atoms. The van der Waals surface area contributed by atoms with E-state index in [0.717, 1.165) is 12.8 Å². The number of fused-ring (bicyclic) bond motifs is 4. The predicted octanol–water partition coefficient (Wildman–Crippen LogP) is 4.16. The van der Waals surface area contributed by atoms with Gasteiger partial charge in [0.15, 0.2) is 0 Å². The van der Waals surface area contributed by atoms with Crippen molar-refractivity contribution in [1.29, 1.82) is 0 Å². The fourth-order valence-corrected chi connectivity index (χ4v) is 17.2. The Morgan fingerprint density at radius 1 is 0.614 bits per heavy atom. The van der Waals surface area contributed by atoms with Gasteiger partial charge in [0.05, 0.1) is 0 Å². The first kappa shape index (κ1) is 32.6. The van der Waals surface area contributed by atoms with E-state index in [1.54, 1.807) is 19.9 Å². The molecule has 0 N–H and O–H groups in total. The van der Waals surface area contributed by atoms with Crippen molar-refractivity contribution < 1.29 is 46.1 Å². The van der Waals surface area contributed by atoms with E-state index in [4.69, 9.17) is 0 Å². The second-order valence-electron chi connectivity index (χ2n) is 12.0. The SMILES string of the molecule is CCc1ccc2c(c1)[CH]([Zr+2](=[C](c1ccccc1)c1ccccc1)[CH]1C=Cc3c(C)cc(C)cc31)c1cc(CC)ccc1-2.[Cl-].[Cl-]. The van der Waals surface area contributed by atoms with Gasteiger partial charge < -0.3 is 24.8 Å². The molecule has 0 aromatic heterocycles. The molecule has 7 rings (SSSR count). The summed E-state index contributed by atoms with van der Waals surface area (Å²) in [6.07, 6.45) is 7.18. The number of aryl methyl sites for hydroxylation is 4. The Labute approximate surface area is 283 Å². The molecule has 5 aromatic rings. The van der Waals surface area contributed by atoms with Gasteiger partial charge >= 0.3 is 260 Å². The van der Waals surface area contributed by atoms with E-state index in [9.17, 15) is 0 Å². The van der Waals surface area contributed by atoms with Crippen LogP contribution in [0.2, 0.25) is 0 Å². The van der Waals surface area contributed by atoms with Crippen LogP contribution in [0.3, 0.4) is 0 Å². The molecule has 0 radical (unpaired) electrons. The van der Waals surface area contributed by atoms with Crippen LogP contribution >= 0.6 is 0 Å². The Balaban J connectivity index is 0.00000192. The van der Waals surface area contributed by atoms with Crippen LogP contribution < -0.4 is 24.8 Å². The number of halogens is 2. The van der Waals surface area contributed by atoms with E-state index in [1.807, 2.05) is 0 Å². The third kappa shape index (κ3) is 5.69. The molecule has 220 valence electrons. The topological polar surface area (TPSA) is 0 Å². The summed E-state index contributed by atoms with van der Waals surface area (Å²) in [5, 5.41) is 0. The number of hydrogen-bond acceptors (Lipinski definition) is 0. The summed E-state index contributed by atoms with van der Waals surface area (Å²) in [5.41, 5.74) is 17.5. The first-order valence-corrected chi connectivity index (χ1v) is 19.5. The molecule has 0 aliphatic heterocycles. The molecule has 5 aromatic carbocycles. The summed E-state index contributed by atoms with van der Waals surface area (Å²) < 4.78 is 2.52. The van der Waals surface area contributed by atoms with Crippen LogP contribution in [0.25, 0.3) is 17.2 Å². The van der Waals surface area contributed by atoms with Crippen molar-refractivity contribution in [3.05, 3.63) is 171 Å². The molecule has 3 heteroatoms. The Morgan fingerprint density at radius 3 is 1.64 bits per heavy atom. The molecule has 44 heavy (non-hydrogen) atoms. The van der Waals surface area contributed by atoms with Gasteiger partial charge in [-0.2, -0.15) is 0 Å². The minimum atomic E-state index is -2.77. The average Bonchev–Trinajstić information content (AvgIpc) is 3.59. The molecular weight excluding hydrogens is 655 g/mol. The van der Waals surface area contributed by atoms with Crippen LogP contribution in [0, 0.1) is 13.8 Å². The number of rotatable bonds is 6.